The van der Waals surface area contributed by atoms with Crippen LogP contribution in [0.4, 0.5) is 26.2 Å². The molecule has 7 aliphatic rings. The maximum Gasteiger partial charge on any atom is 0.410 e. The summed E-state index contributed by atoms with van der Waals surface area (Å²) < 4.78 is 87.2. The summed E-state index contributed by atoms with van der Waals surface area (Å²) in [4.78, 5) is 135. The Hall–Kier alpha value is -9.82. The van der Waals surface area contributed by atoms with E-state index in [0.29, 0.717) is 65.7 Å². The number of fused-ring (bicyclic) bond motifs is 2. The third kappa shape index (κ3) is 19.8. The number of amides is 9. The second-order valence-corrected chi connectivity index (χ2v) is 35.6. The number of primary amides is 1. The molecular weight excluding hydrogens is 1510 g/mol. The number of carboxylic acids is 1. The number of anilines is 3. The average molecular weight is 1600 g/mol. The van der Waals surface area contributed by atoms with Crippen LogP contribution in [0.1, 0.15) is 129 Å². The van der Waals surface area contributed by atoms with Crippen molar-refractivity contribution in [3.05, 3.63) is 131 Å². The molecule has 6 aromatic rings. The second-order valence-electron chi connectivity index (χ2n) is 31.5. The van der Waals surface area contributed by atoms with E-state index in [0.717, 1.165) is 76.2 Å². The number of rotatable bonds is 34. The number of aromatic carboxylic acids is 1. The van der Waals surface area contributed by atoms with E-state index >= 15 is 0 Å². The van der Waals surface area contributed by atoms with E-state index < -0.39 is 122 Å². The van der Waals surface area contributed by atoms with E-state index in [1.165, 1.54) is 28.4 Å². The number of nitrogens with one attached hydrogen (secondary N) is 5. The summed E-state index contributed by atoms with van der Waals surface area (Å²) in [7, 11) is -8.89. The molecule has 9 amide bonds. The van der Waals surface area contributed by atoms with Crippen molar-refractivity contribution >= 4 is 112 Å². The number of carbonyl (C=O) groups is 9. The molecule has 4 aliphatic carbocycles. The monoisotopic (exact) mass is 1600 g/mol. The Morgan fingerprint density at radius 2 is 1.53 bits per heavy atom. The molecule has 5 fully saturated rings. The first kappa shape index (κ1) is 81.7. The molecule has 6 atom stereocenters. The third-order valence-corrected chi connectivity index (χ3v) is 24.3. The minimum Gasteiger partial charge on any atom is -0.476 e. The first-order valence-electron chi connectivity index (χ1n) is 37.2. The van der Waals surface area contributed by atoms with Gasteiger partial charge in [0.15, 0.2) is 10.8 Å². The lowest BCUT2D eigenvalue weighted by atomic mass is 9.39. The van der Waals surface area contributed by atoms with Gasteiger partial charge >= 0.3 is 18.1 Å². The number of imide groups is 1. The Balaban J connectivity index is 0.659. The van der Waals surface area contributed by atoms with Crippen LogP contribution >= 0.6 is 11.3 Å². The Morgan fingerprint density at radius 3 is 2.21 bits per heavy atom. The number of likely N-dealkylation sites (tertiary alicyclic amines) is 1. The fourth-order valence-electron chi connectivity index (χ4n) is 18.1. The van der Waals surface area contributed by atoms with Gasteiger partial charge in [-0.2, -0.15) is 21.9 Å². The average Bonchev–Trinajstić information content (AvgIpc) is 0.714. The number of benzene rings is 3. The number of urea groups is 1. The first-order chi connectivity index (χ1) is 53.0. The number of hydrogen-bond acceptors (Lipinski definition) is 22. The molecule has 112 heavy (non-hydrogen) atoms. The van der Waals surface area contributed by atoms with Gasteiger partial charge in [-0.1, -0.05) is 75.4 Å². The van der Waals surface area contributed by atoms with Crippen molar-refractivity contribution in [2.24, 2.45) is 27.9 Å². The Morgan fingerprint density at radius 1 is 0.804 bits per heavy atom. The van der Waals surface area contributed by atoms with Crippen molar-refractivity contribution in [1.29, 1.82) is 0 Å². The maximum absolute atomic E-state index is 14.1. The first-order valence-corrected chi connectivity index (χ1v) is 41.2. The van der Waals surface area contributed by atoms with Crippen LogP contribution in [0.25, 0.3) is 21.3 Å². The number of nitrogens with zero attached hydrogens (tertiary/aromatic N) is 8. The van der Waals surface area contributed by atoms with Crippen molar-refractivity contribution in [3.8, 4) is 11.1 Å². The zero-order chi connectivity index (χ0) is 80.2. The number of carbonyl (C=O) groups excluding carboxylic acids is 8. The molecule has 13 rings (SSSR count). The van der Waals surface area contributed by atoms with E-state index in [2.05, 4.69) is 45.4 Å². The summed E-state index contributed by atoms with van der Waals surface area (Å²) in [5.74, 6) is -6.19. The van der Waals surface area contributed by atoms with Gasteiger partial charge in [-0.05, 0) is 152 Å². The lowest BCUT2D eigenvalue weighted by Gasteiger charge is -2.69. The van der Waals surface area contributed by atoms with Gasteiger partial charge in [-0.25, -0.2) is 24.4 Å². The highest BCUT2D eigenvalue weighted by Gasteiger charge is 2.66. The van der Waals surface area contributed by atoms with Crippen LogP contribution in [0.3, 0.4) is 0 Å². The van der Waals surface area contributed by atoms with Gasteiger partial charge in [0.2, 0.25) is 17.7 Å². The molecule has 4 bridgehead atoms. The molecule has 3 aromatic carbocycles. The number of para-hydroxylation sites is 1. The van der Waals surface area contributed by atoms with Crippen molar-refractivity contribution in [2.45, 2.75) is 148 Å². The molecule has 1 saturated heterocycles. The minimum absolute atomic E-state index is 0.000658. The van der Waals surface area contributed by atoms with Gasteiger partial charge in [-0.3, -0.25) is 57.7 Å². The molecule has 3 aromatic heterocycles. The highest BCUT2D eigenvalue weighted by molar-refractivity contribution is 7.86. The molecule has 0 spiro atoms. The van der Waals surface area contributed by atoms with Crippen LogP contribution in [-0.4, -0.2) is 219 Å². The lowest BCUT2D eigenvalue weighted by Crippen LogP contribution is -2.64. The number of ether oxygens (including phenoxy) is 3. The van der Waals surface area contributed by atoms with E-state index in [4.69, 9.17) is 30.0 Å². The molecule has 4 saturated carbocycles. The largest absolute Gasteiger partial charge is 0.476 e. The molecular formula is C76H94N14O19S3. The topological polar surface area (TPSA) is 453 Å². The van der Waals surface area contributed by atoms with Crippen molar-refractivity contribution in [1.82, 2.24) is 50.4 Å². The smallest absolute Gasteiger partial charge is 0.410 e. The Kier molecular flexibility index (Phi) is 24.4. The molecule has 3 aliphatic heterocycles. The standard InChI is InChI=1S/C76H94N14O19S3/c1-46(2)64(84-61(91)36-88-34-51(90-62(92)21-22-63(90)93)32-52(88)38-107-29-31-112(104,105)106)68(96)81-58(13-9-24-78-70(77)99)67(95)80-50-17-15-48(16-18-50)37-108-72(100)86(27-30-111(101,102)103)26-28-109-76-42-73(4)39-74(5,43-76)41-75(40-73,44-76)45-89-47(3)55(33-79-89)53-19-20-60(83-65(53)69(97)98)87-25-23-49-10-8-11-54(56(49)35-87)66(94)85-71-82-57-12-6-7-14-59(57)110-71/h6-8,10-12,14-22,33,46,51-52,58,64H,9,13,23-32,34-45H2,1-5H3,(H,80,95)(H,81,96)(H,84,91)(H,97,98)(H3,77,78,99)(H,82,85,94)(H,101,102,103)(H,104,105,106)/t51-,52-,58-,64-,73?,74?,75?,76?/m0/s1. The van der Waals surface area contributed by atoms with Gasteiger partial charge in [0.05, 0.1) is 65.9 Å². The Bertz CT molecular complexity index is 4830. The fourth-order valence-corrected chi connectivity index (χ4v) is 19.8. The zero-order valence-electron chi connectivity index (χ0n) is 62.8. The molecule has 2 unspecified atom stereocenters. The number of thiazole rings is 1. The maximum atomic E-state index is 14.1. The highest BCUT2D eigenvalue weighted by atomic mass is 32.2. The van der Waals surface area contributed by atoms with Gasteiger partial charge in [0, 0.05) is 92.1 Å². The van der Waals surface area contributed by atoms with Gasteiger partial charge in [0.1, 0.15) is 24.5 Å². The summed E-state index contributed by atoms with van der Waals surface area (Å²) in [6.07, 6.45) is 8.85. The van der Waals surface area contributed by atoms with Crippen LogP contribution in [0.5, 0.6) is 0 Å². The fraction of sp³-hybridized carbons (Fsp3) is 0.500. The van der Waals surface area contributed by atoms with Gasteiger partial charge < -0.3 is 56.1 Å². The van der Waals surface area contributed by atoms with E-state index in [1.54, 1.807) is 49.2 Å². The second kappa shape index (κ2) is 33.5. The normalized spacial score (nSPS) is 22.6. The SMILES string of the molecule is Cc1c(-c2ccc(N3CCc4cccc(C(=O)Nc5nc6ccccc6s5)c4C3)nc2C(=O)O)cnn1CC12CC3(C)CC(C)(C1)CC(OCCN(CCS(=O)(=O)O)C(=O)OCc1ccc(NC(=O)[C@H](CCCNC(N)=O)NC(=O)[C@@H](NC(=O)CN4C[C@@H](N5C(=O)C=CC5=O)C[C@H]4COCCS(=O)(=O)O)C(C)C)cc1)(C3)C2. The quantitative estimate of drug-likeness (QED) is 0.0121. The van der Waals surface area contributed by atoms with Crippen LogP contribution in [0.2, 0.25) is 0 Å². The van der Waals surface area contributed by atoms with Crippen LogP contribution in [-0.2, 0) is 84.5 Å². The predicted octanol–water partition coefficient (Wildman–Crippen LogP) is 6.32. The molecule has 33 nitrogen and oxygen atoms in total. The predicted molar refractivity (Wildman–Crippen MR) is 412 cm³/mol. The molecule has 6 heterocycles. The van der Waals surface area contributed by atoms with Crippen LogP contribution < -0.4 is 37.2 Å². The number of aromatic nitrogens is 4. The Labute approximate surface area is 651 Å². The summed E-state index contributed by atoms with van der Waals surface area (Å²) in [6, 6.07) is 18.6. The number of carboxylic acid groups (broad SMARTS) is 1. The minimum atomic E-state index is -4.55. The molecule has 36 heteroatoms. The van der Waals surface area contributed by atoms with E-state index in [-0.39, 0.29) is 105 Å². The van der Waals surface area contributed by atoms with Crippen molar-refractivity contribution < 1.29 is 88.4 Å². The summed E-state index contributed by atoms with van der Waals surface area (Å²) in [5, 5.41) is 29.8. The van der Waals surface area contributed by atoms with Crippen molar-refractivity contribution in [2.75, 3.05) is 86.1 Å². The number of hydrogen-bond donors (Lipinski definition) is 9. The zero-order valence-corrected chi connectivity index (χ0v) is 65.3. The van der Waals surface area contributed by atoms with Gasteiger partial charge in [-0.15, -0.1) is 0 Å². The highest BCUT2D eigenvalue weighted by Crippen LogP contribution is 2.72. The molecule has 10 N–H and O–H groups in total. The summed E-state index contributed by atoms with van der Waals surface area (Å²) in [5.41, 5.74) is 9.56. The summed E-state index contributed by atoms with van der Waals surface area (Å²) in [6.45, 7) is 9.63. The van der Waals surface area contributed by atoms with E-state index in [9.17, 15) is 74.2 Å². The lowest BCUT2D eigenvalue weighted by molar-refractivity contribution is -0.248. The third-order valence-electron chi connectivity index (χ3n) is 21.9. The van der Waals surface area contributed by atoms with Crippen LogP contribution in [0, 0.1) is 29.1 Å². The van der Waals surface area contributed by atoms with Crippen LogP contribution in [0.15, 0.2) is 97.2 Å². The molecule has 0 radical (unpaired) electrons. The summed E-state index contributed by atoms with van der Waals surface area (Å²) >= 11 is 1.39. The number of pyridine rings is 1. The molecule has 600 valence electrons. The van der Waals surface area contributed by atoms with Crippen molar-refractivity contribution in [3.63, 3.8) is 0 Å². The van der Waals surface area contributed by atoms with E-state index in [1.807, 2.05) is 59.0 Å². The van der Waals surface area contributed by atoms with Gasteiger partial charge in [0.25, 0.3) is 38.0 Å². The number of nitrogens with two attached hydrogens (primary N) is 1.